The summed E-state index contributed by atoms with van der Waals surface area (Å²) >= 11 is 0. The van der Waals surface area contributed by atoms with Crippen molar-refractivity contribution in [2.24, 2.45) is 0 Å². The Bertz CT molecular complexity index is 645. The molecule has 5 nitrogen and oxygen atoms in total. The maximum atomic E-state index is 13.8. The molecular weight excluding hydrogens is 295 g/mol. The second-order valence-corrected chi connectivity index (χ2v) is 6.09. The van der Waals surface area contributed by atoms with Crippen molar-refractivity contribution in [3.05, 3.63) is 47.4 Å². The Labute approximate surface area is 136 Å². The summed E-state index contributed by atoms with van der Waals surface area (Å²) in [7, 11) is 0. The maximum Gasteiger partial charge on any atom is 0.233 e. The van der Waals surface area contributed by atoms with Gasteiger partial charge < -0.3 is 4.42 Å². The number of aromatic nitrogens is 2. The number of aryl methyl sites for hydroxylation is 1. The van der Waals surface area contributed by atoms with Crippen molar-refractivity contribution < 1.29 is 8.81 Å². The minimum absolute atomic E-state index is 0.115. The van der Waals surface area contributed by atoms with Gasteiger partial charge in [0, 0.05) is 38.7 Å². The van der Waals surface area contributed by atoms with Crippen LogP contribution in [-0.2, 0) is 6.54 Å². The van der Waals surface area contributed by atoms with Crippen molar-refractivity contribution in [3.8, 4) is 0 Å². The van der Waals surface area contributed by atoms with Crippen molar-refractivity contribution in [2.45, 2.75) is 32.9 Å². The lowest BCUT2D eigenvalue weighted by atomic mass is 10.2. The van der Waals surface area contributed by atoms with Crippen molar-refractivity contribution >= 4 is 0 Å². The van der Waals surface area contributed by atoms with E-state index in [9.17, 15) is 4.39 Å². The van der Waals surface area contributed by atoms with Crippen molar-refractivity contribution in [1.82, 2.24) is 20.0 Å². The van der Waals surface area contributed by atoms with E-state index in [0.717, 1.165) is 38.2 Å². The largest absolute Gasteiger partial charge is 0.424 e. The molecule has 0 bridgehead atoms. The molecule has 0 spiro atoms. The average molecular weight is 318 g/mol. The molecule has 1 atom stereocenters. The van der Waals surface area contributed by atoms with Gasteiger partial charge in [0.25, 0.3) is 0 Å². The lowest BCUT2D eigenvalue weighted by Crippen LogP contribution is -2.32. The van der Waals surface area contributed by atoms with E-state index in [4.69, 9.17) is 4.42 Å². The van der Waals surface area contributed by atoms with Crippen LogP contribution in [0, 0.1) is 12.7 Å². The van der Waals surface area contributed by atoms with Gasteiger partial charge in [-0.25, -0.2) is 4.39 Å². The molecule has 0 radical (unpaired) electrons. The van der Waals surface area contributed by atoms with Gasteiger partial charge in [0.05, 0.1) is 6.04 Å². The Balaban J connectivity index is 1.60. The Morgan fingerprint density at radius 1 is 1.17 bits per heavy atom. The van der Waals surface area contributed by atoms with Crippen molar-refractivity contribution in [2.75, 3.05) is 26.2 Å². The smallest absolute Gasteiger partial charge is 0.233 e. The SMILES string of the molecule is Cc1nnc([C@H](C)N2CCCN(Cc3ccccc3F)CC2)o1. The van der Waals surface area contributed by atoms with Crippen LogP contribution in [0.15, 0.2) is 28.7 Å². The zero-order chi connectivity index (χ0) is 16.2. The zero-order valence-corrected chi connectivity index (χ0v) is 13.7. The predicted molar refractivity (Wildman–Crippen MR) is 85.3 cm³/mol. The third-order valence-electron chi connectivity index (χ3n) is 4.42. The van der Waals surface area contributed by atoms with E-state index < -0.39 is 0 Å². The minimum atomic E-state index is -0.122. The Morgan fingerprint density at radius 2 is 2.00 bits per heavy atom. The second-order valence-electron chi connectivity index (χ2n) is 6.09. The topological polar surface area (TPSA) is 45.4 Å². The summed E-state index contributed by atoms with van der Waals surface area (Å²) in [5, 5.41) is 8.04. The van der Waals surface area contributed by atoms with Crippen LogP contribution in [0.5, 0.6) is 0 Å². The highest BCUT2D eigenvalue weighted by molar-refractivity contribution is 5.17. The molecule has 1 fully saturated rings. The van der Waals surface area contributed by atoms with Crippen molar-refractivity contribution in [3.63, 3.8) is 0 Å². The molecule has 6 heteroatoms. The van der Waals surface area contributed by atoms with Crippen LogP contribution in [-0.4, -0.2) is 46.2 Å². The third-order valence-corrected chi connectivity index (χ3v) is 4.42. The van der Waals surface area contributed by atoms with E-state index in [-0.39, 0.29) is 11.9 Å². The highest BCUT2D eigenvalue weighted by Gasteiger charge is 2.24. The van der Waals surface area contributed by atoms with Crippen LogP contribution in [0.4, 0.5) is 4.39 Å². The summed E-state index contributed by atoms with van der Waals surface area (Å²) < 4.78 is 19.4. The summed E-state index contributed by atoms with van der Waals surface area (Å²) in [6.07, 6.45) is 1.05. The molecule has 2 heterocycles. The quantitative estimate of drug-likeness (QED) is 0.867. The normalized spacial score (nSPS) is 18.7. The number of rotatable bonds is 4. The molecule has 23 heavy (non-hydrogen) atoms. The molecule has 1 aliphatic rings. The molecule has 0 amide bonds. The number of hydrogen-bond acceptors (Lipinski definition) is 5. The van der Waals surface area contributed by atoms with Gasteiger partial charge in [0.2, 0.25) is 11.8 Å². The first kappa shape index (κ1) is 16.1. The Kier molecular flexibility index (Phi) is 5.03. The van der Waals surface area contributed by atoms with Gasteiger partial charge in [-0.3, -0.25) is 9.80 Å². The molecule has 124 valence electrons. The van der Waals surface area contributed by atoms with Crippen LogP contribution in [0.3, 0.4) is 0 Å². The summed E-state index contributed by atoms with van der Waals surface area (Å²) in [6, 6.07) is 7.13. The first-order valence-electron chi connectivity index (χ1n) is 8.13. The molecule has 0 saturated carbocycles. The Hall–Kier alpha value is -1.79. The van der Waals surface area contributed by atoms with Crippen LogP contribution in [0.25, 0.3) is 0 Å². The highest BCUT2D eigenvalue weighted by Crippen LogP contribution is 2.21. The average Bonchev–Trinajstić information content (AvgIpc) is 2.84. The molecule has 2 aromatic rings. The predicted octanol–water partition coefficient (Wildman–Crippen LogP) is 2.79. The first-order chi connectivity index (χ1) is 11.1. The van der Waals surface area contributed by atoms with Gasteiger partial charge >= 0.3 is 0 Å². The number of hydrogen-bond donors (Lipinski definition) is 0. The van der Waals surface area contributed by atoms with E-state index >= 15 is 0 Å². The first-order valence-corrected chi connectivity index (χ1v) is 8.13. The summed E-state index contributed by atoms with van der Waals surface area (Å²) in [5.74, 6) is 1.15. The van der Waals surface area contributed by atoms with Gasteiger partial charge in [0.15, 0.2) is 0 Å². The zero-order valence-electron chi connectivity index (χ0n) is 13.7. The lowest BCUT2D eigenvalue weighted by Gasteiger charge is -2.25. The molecule has 1 aromatic carbocycles. The summed E-state index contributed by atoms with van der Waals surface area (Å²) in [4.78, 5) is 4.67. The molecule has 1 aliphatic heterocycles. The monoisotopic (exact) mass is 318 g/mol. The number of benzene rings is 1. The molecule has 1 saturated heterocycles. The van der Waals surface area contributed by atoms with E-state index in [1.807, 2.05) is 19.1 Å². The molecular formula is C17H23FN4O. The molecule has 0 N–H and O–H groups in total. The minimum Gasteiger partial charge on any atom is -0.424 e. The molecule has 0 unspecified atom stereocenters. The molecule has 1 aromatic heterocycles. The number of halogens is 1. The maximum absolute atomic E-state index is 13.8. The Morgan fingerprint density at radius 3 is 2.74 bits per heavy atom. The molecule has 0 aliphatic carbocycles. The fraction of sp³-hybridized carbons (Fsp3) is 0.529. The van der Waals surface area contributed by atoms with Crippen LogP contribution >= 0.6 is 0 Å². The summed E-state index contributed by atoms with van der Waals surface area (Å²) in [5.41, 5.74) is 0.765. The van der Waals surface area contributed by atoms with Gasteiger partial charge in [0.1, 0.15) is 5.82 Å². The fourth-order valence-corrected chi connectivity index (χ4v) is 3.04. The van der Waals surface area contributed by atoms with Gasteiger partial charge in [-0.15, -0.1) is 10.2 Å². The van der Waals surface area contributed by atoms with Crippen LogP contribution < -0.4 is 0 Å². The van der Waals surface area contributed by atoms with Crippen LogP contribution in [0.2, 0.25) is 0 Å². The van der Waals surface area contributed by atoms with E-state index in [1.54, 1.807) is 6.07 Å². The van der Waals surface area contributed by atoms with Gasteiger partial charge in [-0.1, -0.05) is 18.2 Å². The van der Waals surface area contributed by atoms with Crippen molar-refractivity contribution in [1.29, 1.82) is 0 Å². The summed E-state index contributed by atoms with van der Waals surface area (Å²) in [6.45, 7) is 8.34. The fourth-order valence-electron chi connectivity index (χ4n) is 3.04. The second kappa shape index (κ2) is 7.19. The van der Waals surface area contributed by atoms with Gasteiger partial charge in [-0.2, -0.15) is 0 Å². The number of nitrogens with zero attached hydrogens (tertiary/aromatic N) is 4. The van der Waals surface area contributed by atoms with E-state index in [0.29, 0.717) is 18.3 Å². The van der Waals surface area contributed by atoms with Crippen LogP contribution in [0.1, 0.15) is 36.7 Å². The van der Waals surface area contributed by atoms with E-state index in [1.165, 1.54) is 6.07 Å². The third kappa shape index (κ3) is 3.95. The van der Waals surface area contributed by atoms with E-state index in [2.05, 4.69) is 26.9 Å². The standard InChI is InChI=1S/C17H23FN4O/c1-13(17-20-19-14(2)23-17)22-9-5-8-21(10-11-22)12-15-6-3-4-7-16(15)18/h3-4,6-7,13H,5,8-12H2,1-2H3/t13-/m0/s1. The highest BCUT2D eigenvalue weighted by atomic mass is 19.1. The lowest BCUT2D eigenvalue weighted by molar-refractivity contribution is 0.182. The van der Waals surface area contributed by atoms with Gasteiger partial charge in [-0.05, 0) is 26.0 Å². The molecule has 3 rings (SSSR count).